The maximum Gasteiger partial charge on any atom is 0.0216 e. The predicted octanol–water partition coefficient (Wildman–Crippen LogP) is 4.03. The van der Waals surface area contributed by atoms with Gasteiger partial charge in [-0.3, -0.25) is 0 Å². The van der Waals surface area contributed by atoms with E-state index in [4.69, 9.17) is 0 Å². The van der Waals surface area contributed by atoms with Crippen LogP contribution < -0.4 is 5.32 Å². The van der Waals surface area contributed by atoms with Crippen LogP contribution in [-0.4, -0.2) is 6.54 Å². The zero-order valence-corrected chi connectivity index (χ0v) is 11.3. The maximum absolute atomic E-state index is 3.63. The fourth-order valence-electron chi connectivity index (χ4n) is 2.66. The van der Waals surface area contributed by atoms with E-state index < -0.39 is 0 Å². The van der Waals surface area contributed by atoms with Gasteiger partial charge in [0.15, 0.2) is 0 Å². The Kier molecular flexibility index (Phi) is 4.42. The van der Waals surface area contributed by atoms with E-state index in [2.05, 4.69) is 25.2 Å². The van der Waals surface area contributed by atoms with Crippen LogP contribution in [0, 0.1) is 19.8 Å². The van der Waals surface area contributed by atoms with Gasteiger partial charge in [0.25, 0.3) is 0 Å². The van der Waals surface area contributed by atoms with Crippen LogP contribution >= 0.6 is 11.3 Å². The van der Waals surface area contributed by atoms with Gasteiger partial charge in [-0.25, -0.2) is 0 Å². The van der Waals surface area contributed by atoms with Gasteiger partial charge >= 0.3 is 0 Å². The van der Waals surface area contributed by atoms with Crippen LogP contribution in [0.5, 0.6) is 0 Å². The molecule has 0 radical (unpaired) electrons. The van der Waals surface area contributed by atoms with E-state index in [1.54, 1.807) is 0 Å². The monoisotopic (exact) mass is 237 g/mol. The van der Waals surface area contributed by atoms with Gasteiger partial charge in [-0.1, -0.05) is 19.3 Å². The summed E-state index contributed by atoms with van der Waals surface area (Å²) >= 11 is 1.92. The third-order valence-electron chi connectivity index (χ3n) is 3.62. The number of hydrogen-bond donors (Lipinski definition) is 1. The van der Waals surface area contributed by atoms with E-state index in [9.17, 15) is 0 Å². The van der Waals surface area contributed by atoms with Crippen LogP contribution in [0.15, 0.2) is 6.07 Å². The summed E-state index contributed by atoms with van der Waals surface area (Å²) in [5, 5.41) is 3.63. The lowest BCUT2D eigenvalue weighted by Gasteiger charge is -2.21. The highest BCUT2D eigenvalue weighted by Crippen LogP contribution is 2.23. The highest BCUT2D eigenvalue weighted by Gasteiger charge is 2.12. The first-order valence-corrected chi connectivity index (χ1v) is 7.34. The molecular weight excluding hydrogens is 214 g/mol. The molecule has 0 saturated heterocycles. The van der Waals surface area contributed by atoms with Gasteiger partial charge in [0.05, 0.1) is 0 Å². The van der Waals surface area contributed by atoms with E-state index in [-0.39, 0.29) is 0 Å². The molecule has 0 spiro atoms. The zero-order chi connectivity index (χ0) is 11.4. The molecule has 0 unspecified atom stereocenters. The Bertz CT molecular complexity index is 323. The van der Waals surface area contributed by atoms with Crippen LogP contribution in [0.1, 0.15) is 47.4 Å². The second-order valence-corrected chi connectivity index (χ2v) is 6.53. The predicted molar refractivity (Wildman–Crippen MR) is 72.1 cm³/mol. The van der Waals surface area contributed by atoms with E-state index in [1.807, 2.05) is 11.3 Å². The van der Waals surface area contributed by atoms with Crippen molar-refractivity contribution in [1.29, 1.82) is 0 Å². The molecule has 2 rings (SSSR count). The third-order valence-corrected chi connectivity index (χ3v) is 4.63. The Morgan fingerprint density at radius 3 is 2.62 bits per heavy atom. The number of rotatable bonds is 4. The van der Waals surface area contributed by atoms with Crippen molar-refractivity contribution in [1.82, 2.24) is 5.32 Å². The summed E-state index contributed by atoms with van der Waals surface area (Å²) in [6.45, 7) is 6.71. The Labute approximate surface area is 103 Å². The Morgan fingerprint density at radius 2 is 2.00 bits per heavy atom. The summed E-state index contributed by atoms with van der Waals surface area (Å²) in [4.78, 5) is 2.92. The maximum atomic E-state index is 3.63. The topological polar surface area (TPSA) is 12.0 Å². The SMILES string of the molecule is Cc1cc(CNCC2CCCCC2)c(C)s1. The summed E-state index contributed by atoms with van der Waals surface area (Å²) in [5.41, 5.74) is 1.50. The molecule has 1 aromatic rings. The first-order valence-electron chi connectivity index (χ1n) is 6.52. The zero-order valence-electron chi connectivity index (χ0n) is 10.5. The number of nitrogens with one attached hydrogen (secondary N) is 1. The molecule has 0 atom stereocenters. The van der Waals surface area contributed by atoms with E-state index in [0.717, 1.165) is 12.5 Å². The molecule has 16 heavy (non-hydrogen) atoms. The summed E-state index contributed by atoms with van der Waals surface area (Å²) in [5.74, 6) is 0.939. The lowest BCUT2D eigenvalue weighted by molar-refractivity contribution is 0.342. The highest BCUT2D eigenvalue weighted by molar-refractivity contribution is 7.12. The quantitative estimate of drug-likeness (QED) is 0.833. The molecule has 0 aromatic carbocycles. The van der Waals surface area contributed by atoms with E-state index in [1.165, 1.54) is 54.0 Å². The highest BCUT2D eigenvalue weighted by atomic mass is 32.1. The minimum absolute atomic E-state index is 0.939. The van der Waals surface area contributed by atoms with Crippen molar-refractivity contribution in [3.8, 4) is 0 Å². The number of hydrogen-bond acceptors (Lipinski definition) is 2. The second kappa shape index (κ2) is 5.83. The number of aryl methyl sites for hydroxylation is 2. The first-order chi connectivity index (χ1) is 7.75. The van der Waals surface area contributed by atoms with Gasteiger partial charge in [0.1, 0.15) is 0 Å². The molecule has 1 nitrogen and oxygen atoms in total. The molecule has 0 amide bonds. The molecule has 1 aromatic heterocycles. The molecule has 90 valence electrons. The molecule has 1 fully saturated rings. The molecule has 1 aliphatic rings. The molecular formula is C14H23NS. The van der Waals surface area contributed by atoms with Crippen molar-refractivity contribution < 1.29 is 0 Å². The third kappa shape index (κ3) is 3.33. The van der Waals surface area contributed by atoms with Crippen molar-refractivity contribution in [2.45, 2.75) is 52.5 Å². The molecule has 1 aliphatic carbocycles. The standard InChI is InChI=1S/C14H23NS/c1-11-8-14(12(2)16-11)10-15-9-13-6-4-3-5-7-13/h8,13,15H,3-7,9-10H2,1-2H3. The fourth-order valence-corrected chi connectivity index (χ4v) is 3.61. The van der Waals surface area contributed by atoms with Crippen molar-refractivity contribution >= 4 is 11.3 Å². The summed E-state index contributed by atoms with van der Waals surface area (Å²) in [6.07, 6.45) is 7.23. The van der Waals surface area contributed by atoms with Gasteiger partial charge < -0.3 is 5.32 Å². The van der Waals surface area contributed by atoms with Gasteiger partial charge in [-0.15, -0.1) is 11.3 Å². The van der Waals surface area contributed by atoms with Crippen molar-refractivity contribution in [3.63, 3.8) is 0 Å². The minimum Gasteiger partial charge on any atom is -0.312 e. The molecule has 1 heterocycles. The Morgan fingerprint density at radius 1 is 1.25 bits per heavy atom. The smallest absolute Gasteiger partial charge is 0.0216 e. The van der Waals surface area contributed by atoms with Crippen molar-refractivity contribution in [2.24, 2.45) is 5.92 Å². The van der Waals surface area contributed by atoms with Gasteiger partial charge in [-0.05, 0) is 50.8 Å². The molecule has 2 heteroatoms. The molecule has 0 aliphatic heterocycles. The average molecular weight is 237 g/mol. The minimum atomic E-state index is 0.939. The molecule has 1 N–H and O–H groups in total. The lowest BCUT2D eigenvalue weighted by Crippen LogP contribution is -2.24. The molecule has 1 saturated carbocycles. The van der Waals surface area contributed by atoms with Crippen LogP contribution in [0.4, 0.5) is 0 Å². The van der Waals surface area contributed by atoms with Crippen LogP contribution in [-0.2, 0) is 6.54 Å². The van der Waals surface area contributed by atoms with Crippen LogP contribution in [0.3, 0.4) is 0 Å². The normalized spacial score (nSPS) is 17.9. The van der Waals surface area contributed by atoms with Crippen LogP contribution in [0.2, 0.25) is 0 Å². The average Bonchev–Trinajstić information content (AvgIpc) is 2.59. The Hall–Kier alpha value is -0.340. The van der Waals surface area contributed by atoms with Crippen molar-refractivity contribution in [2.75, 3.05) is 6.54 Å². The van der Waals surface area contributed by atoms with Gasteiger partial charge in [0, 0.05) is 16.3 Å². The van der Waals surface area contributed by atoms with Crippen molar-refractivity contribution in [3.05, 3.63) is 21.4 Å². The van der Waals surface area contributed by atoms with Gasteiger partial charge in [-0.2, -0.15) is 0 Å². The largest absolute Gasteiger partial charge is 0.312 e. The first kappa shape index (κ1) is 12.1. The fraction of sp³-hybridized carbons (Fsp3) is 0.714. The number of thiophene rings is 1. The second-order valence-electron chi connectivity index (χ2n) is 5.07. The summed E-state index contributed by atoms with van der Waals surface area (Å²) < 4.78 is 0. The molecule has 0 bridgehead atoms. The van der Waals surface area contributed by atoms with E-state index >= 15 is 0 Å². The lowest BCUT2D eigenvalue weighted by atomic mass is 9.89. The van der Waals surface area contributed by atoms with Gasteiger partial charge in [0.2, 0.25) is 0 Å². The Balaban J connectivity index is 1.73. The van der Waals surface area contributed by atoms with E-state index in [0.29, 0.717) is 0 Å². The summed E-state index contributed by atoms with van der Waals surface area (Å²) in [7, 11) is 0. The van der Waals surface area contributed by atoms with Crippen LogP contribution in [0.25, 0.3) is 0 Å². The summed E-state index contributed by atoms with van der Waals surface area (Å²) in [6, 6.07) is 2.33.